The molecule has 0 atom stereocenters. The van der Waals surface area contributed by atoms with Gasteiger partial charge < -0.3 is 4.74 Å². The normalized spacial score (nSPS) is 20.6. The molecule has 0 unspecified atom stereocenters. The third-order valence-corrected chi connectivity index (χ3v) is 3.87. The topological polar surface area (TPSA) is 22.1 Å². The molecule has 4 heteroatoms. The Kier molecular flexibility index (Phi) is 2.01. The van der Waals surface area contributed by atoms with Crippen LogP contribution < -0.4 is 0 Å². The summed E-state index contributed by atoms with van der Waals surface area (Å²) in [5.74, 6) is 0. The van der Waals surface area contributed by atoms with Crippen LogP contribution in [0.3, 0.4) is 0 Å². The molecule has 0 fully saturated rings. The maximum atomic E-state index is 5.65. The number of nitrogens with zero attached hydrogens (tertiary/aromatic N) is 1. The summed E-state index contributed by atoms with van der Waals surface area (Å²) in [6, 6.07) is 0. The zero-order valence-corrected chi connectivity index (χ0v) is 9.46. The van der Waals surface area contributed by atoms with Gasteiger partial charge in [-0.25, -0.2) is 4.98 Å². The van der Waals surface area contributed by atoms with Crippen LogP contribution in [0.25, 0.3) is 0 Å². The van der Waals surface area contributed by atoms with Crippen molar-refractivity contribution in [3.63, 3.8) is 0 Å². The van der Waals surface area contributed by atoms with E-state index in [1.54, 1.807) is 11.3 Å². The van der Waals surface area contributed by atoms with E-state index in [9.17, 15) is 0 Å². The first-order valence-electron chi connectivity index (χ1n) is 3.89. The van der Waals surface area contributed by atoms with Crippen LogP contribution in [0.1, 0.15) is 24.4 Å². The Balaban J connectivity index is 2.51. The van der Waals surface area contributed by atoms with Gasteiger partial charge in [-0.05, 0) is 29.8 Å². The lowest BCUT2D eigenvalue weighted by Gasteiger charge is -2.28. The molecule has 1 aliphatic rings. The molecule has 0 amide bonds. The number of fused-ring (bicyclic) bond motifs is 1. The van der Waals surface area contributed by atoms with Gasteiger partial charge in [0, 0.05) is 6.42 Å². The minimum atomic E-state index is -0.142. The maximum Gasteiger partial charge on any atom is 0.159 e. The highest BCUT2D eigenvalue weighted by atomic mass is 79.9. The lowest BCUT2D eigenvalue weighted by molar-refractivity contribution is -0.0290. The van der Waals surface area contributed by atoms with Crippen LogP contribution in [-0.2, 0) is 16.8 Å². The Hall–Kier alpha value is 0.0700. The third kappa shape index (κ3) is 1.32. The van der Waals surface area contributed by atoms with Crippen LogP contribution >= 0.6 is 27.3 Å². The predicted octanol–water partition coefficient (Wildman–Crippen LogP) is 2.71. The highest BCUT2D eigenvalue weighted by Gasteiger charge is 2.31. The number of ether oxygens (including phenoxy) is 1. The number of hydrogen-bond donors (Lipinski definition) is 0. The van der Waals surface area contributed by atoms with Gasteiger partial charge in [0.1, 0.15) is 0 Å². The molecule has 0 N–H and O–H groups in total. The van der Waals surface area contributed by atoms with Gasteiger partial charge in [0.05, 0.1) is 22.8 Å². The van der Waals surface area contributed by atoms with E-state index in [0.29, 0.717) is 0 Å². The van der Waals surface area contributed by atoms with E-state index >= 15 is 0 Å². The minimum Gasteiger partial charge on any atom is -0.370 e. The quantitative estimate of drug-likeness (QED) is 0.704. The highest BCUT2D eigenvalue weighted by molar-refractivity contribution is 9.11. The molecule has 0 aliphatic carbocycles. The SMILES string of the molecule is CC1(C)OCCc2nc(Br)sc21. The van der Waals surface area contributed by atoms with Crippen LogP contribution in [0.4, 0.5) is 0 Å². The van der Waals surface area contributed by atoms with E-state index in [1.807, 2.05) is 0 Å². The lowest BCUT2D eigenvalue weighted by Crippen LogP contribution is -2.27. The number of aromatic nitrogens is 1. The van der Waals surface area contributed by atoms with Gasteiger partial charge in [0.2, 0.25) is 0 Å². The molecule has 1 aliphatic heterocycles. The Morgan fingerprint density at radius 2 is 2.33 bits per heavy atom. The zero-order chi connectivity index (χ0) is 8.77. The Labute approximate surface area is 84.1 Å². The number of rotatable bonds is 0. The summed E-state index contributed by atoms with van der Waals surface area (Å²) in [7, 11) is 0. The summed E-state index contributed by atoms with van der Waals surface area (Å²) in [5.41, 5.74) is 1.06. The molecule has 0 spiro atoms. The van der Waals surface area contributed by atoms with E-state index in [-0.39, 0.29) is 5.60 Å². The van der Waals surface area contributed by atoms with Crippen molar-refractivity contribution in [3.05, 3.63) is 14.5 Å². The zero-order valence-electron chi connectivity index (χ0n) is 7.06. The van der Waals surface area contributed by atoms with E-state index < -0.39 is 0 Å². The van der Waals surface area contributed by atoms with Crippen molar-refractivity contribution in [1.82, 2.24) is 4.98 Å². The van der Waals surface area contributed by atoms with Crippen molar-refractivity contribution < 1.29 is 4.74 Å². The Morgan fingerprint density at radius 1 is 1.58 bits per heavy atom. The van der Waals surface area contributed by atoms with Crippen LogP contribution in [0.5, 0.6) is 0 Å². The van der Waals surface area contributed by atoms with Gasteiger partial charge in [-0.2, -0.15) is 0 Å². The van der Waals surface area contributed by atoms with Crippen LogP contribution in [0.2, 0.25) is 0 Å². The summed E-state index contributed by atoms with van der Waals surface area (Å²) in [5, 5.41) is 0. The van der Waals surface area contributed by atoms with Gasteiger partial charge in [-0.3, -0.25) is 0 Å². The average Bonchev–Trinajstić information content (AvgIpc) is 2.30. The van der Waals surface area contributed by atoms with E-state index in [0.717, 1.165) is 16.9 Å². The lowest BCUT2D eigenvalue weighted by atomic mass is 10.0. The first kappa shape index (κ1) is 8.66. The highest BCUT2D eigenvalue weighted by Crippen LogP contribution is 2.38. The predicted molar refractivity (Wildman–Crippen MR) is 52.5 cm³/mol. The van der Waals surface area contributed by atoms with Gasteiger partial charge in [0.15, 0.2) is 3.92 Å². The van der Waals surface area contributed by atoms with Crippen LogP contribution in [0.15, 0.2) is 3.92 Å². The Morgan fingerprint density at radius 3 is 3.00 bits per heavy atom. The number of halogens is 1. The molecule has 0 saturated carbocycles. The molecule has 2 rings (SSSR count). The van der Waals surface area contributed by atoms with Crippen molar-refractivity contribution >= 4 is 27.3 Å². The van der Waals surface area contributed by atoms with Crippen LogP contribution in [0, 0.1) is 0 Å². The molecule has 0 saturated heterocycles. The standard InChI is InChI=1S/C8H10BrNOS/c1-8(2)6-5(3-4-11-8)10-7(9)12-6/h3-4H2,1-2H3. The molecule has 0 aromatic carbocycles. The number of hydrogen-bond acceptors (Lipinski definition) is 3. The smallest absolute Gasteiger partial charge is 0.159 e. The first-order valence-corrected chi connectivity index (χ1v) is 5.50. The summed E-state index contributed by atoms with van der Waals surface area (Å²) in [4.78, 5) is 5.67. The van der Waals surface area contributed by atoms with Gasteiger partial charge in [-0.15, -0.1) is 11.3 Å². The first-order chi connectivity index (χ1) is 5.59. The van der Waals surface area contributed by atoms with E-state index in [1.165, 1.54) is 10.6 Å². The fourth-order valence-corrected chi connectivity index (χ4v) is 3.03. The van der Waals surface area contributed by atoms with Crippen molar-refractivity contribution in [2.24, 2.45) is 0 Å². The van der Waals surface area contributed by atoms with Gasteiger partial charge in [0.25, 0.3) is 0 Å². The molecule has 0 bridgehead atoms. The summed E-state index contributed by atoms with van der Waals surface area (Å²) in [6.45, 7) is 4.97. The second kappa shape index (κ2) is 2.79. The molecule has 12 heavy (non-hydrogen) atoms. The molecule has 66 valence electrons. The van der Waals surface area contributed by atoms with Crippen molar-refractivity contribution in [2.45, 2.75) is 25.9 Å². The summed E-state index contributed by atoms with van der Waals surface area (Å²) >= 11 is 5.07. The molecule has 2 nitrogen and oxygen atoms in total. The molecule has 0 radical (unpaired) electrons. The Bertz CT molecular complexity index is 308. The fraction of sp³-hybridized carbons (Fsp3) is 0.625. The van der Waals surface area contributed by atoms with Crippen molar-refractivity contribution in [2.75, 3.05) is 6.61 Å². The van der Waals surface area contributed by atoms with E-state index in [4.69, 9.17) is 4.74 Å². The minimum absolute atomic E-state index is 0.142. The monoisotopic (exact) mass is 247 g/mol. The molecular formula is C8H10BrNOS. The average molecular weight is 248 g/mol. The largest absolute Gasteiger partial charge is 0.370 e. The van der Waals surface area contributed by atoms with Gasteiger partial charge in [-0.1, -0.05) is 0 Å². The van der Waals surface area contributed by atoms with Crippen molar-refractivity contribution in [3.8, 4) is 0 Å². The second-order valence-electron chi connectivity index (χ2n) is 3.35. The molecule has 1 aromatic heterocycles. The van der Waals surface area contributed by atoms with Crippen molar-refractivity contribution in [1.29, 1.82) is 0 Å². The fourth-order valence-electron chi connectivity index (χ4n) is 1.43. The van der Waals surface area contributed by atoms with Gasteiger partial charge >= 0.3 is 0 Å². The summed E-state index contributed by atoms with van der Waals surface area (Å²) < 4.78 is 6.62. The third-order valence-electron chi connectivity index (χ3n) is 2.02. The maximum absolute atomic E-state index is 5.65. The second-order valence-corrected chi connectivity index (χ2v) is 5.63. The number of thiazole rings is 1. The molecule has 1 aromatic rings. The summed E-state index contributed by atoms with van der Waals surface area (Å²) in [6.07, 6.45) is 0.945. The van der Waals surface area contributed by atoms with Crippen LogP contribution in [-0.4, -0.2) is 11.6 Å². The van der Waals surface area contributed by atoms with E-state index in [2.05, 4.69) is 34.8 Å². The molecular weight excluding hydrogens is 238 g/mol. The molecule has 2 heterocycles.